The first-order chi connectivity index (χ1) is 15.1. The average Bonchev–Trinajstić information content (AvgIpc) is 3.19. The van der Waals surface area contributed by atoms with Crippen LogP contribution in [0.15, 0.2) is 42.6 Å². The molecule has 1 N–H and O–H groups in total. The molecule has 3 aromatic rings. The van der Waals surface area contributed by atoms with Crippen LogP contribution in [0.4, 0.5) is 0 Å². The van der Waals surface area contributed by atoms with Crippen LogP contribution in [-0.2, 0) is 4.79 Å². The fourth-order valence-electron chi connectivity index (χ4n) is 3.14. The summed E-state index contributed by atoms with van der Waals surface area (Å²) in [5, 5.41) is 12.0. The van der Waals surface area contributed by atoms with Crippen molar-refractivity contribution in [2.75, 3.05) is 25.7 Å². The third kappa shape index (κ3) is 5.71. The Morgan fingerprint density at radius 1 is 1.35 bits per heavy atom. The Kier molecular flexibility index (Phi) is 8.20. The Bertz CT molecular complexity index is 1070. The van der Waals surface area contributed by atoms with Gasteiger partial charge in [-0.1, -0.05) is 17.7 Å². The number of nitrogens with one attached hydrogen (secondary N) is 1. The van der Waals surface area contributed by atoms with E-state index in [1.165, 1.54) is 13.2 Å². The van der Waals surface area contributed by atoms with E-state index >= 15 is 0 Å². The summed E-state index contributed by atoms with van der Waals surface area (Å²) < 4.78 is 12.8. The topological polar surface area (TPSA) is 77.8 Å². The van der Waals surface area contributed by atoms with E-state index in [1.54, 1.807) is 30.0 Å². The predicted octanol–water partition coefficient (Wildman–Crippen LogP) is 4.41. The zero-order valence-corrected chi connectivity index (χ0v) is 19.2. The Morgan fingerprint density at radius 3 is 2.94 bits per heavy atom. The van der Waals surface area contributed by atoms with Crippen LogP contribution in [0.25, 0.3) is 11.7 Å². The molecule has 0 aliphatic heterocycles. The number of carbonyl (C=O) groups excluding carboxylic acids is 1. The van der Waals surface area contributed by atoms with Gasteiger partial charge in [0.25, 0.3) is 0 Å². The van der Waals surface area contributed by atoms with Gasteiger partial charge >= 0.3 is 0 Å². The molecule has 0 aliphatic carbocycles. The van der Waals surface area contributed by atoms with Crippen molar-refractivity contribution in [3.05, 3.63) is 59.0 Å². The summed E-state index contributed by atoms with van der Waals surface area (Å²) in [4.78, 5) is 12.7. The Hall–Kier alpha value is -2.71. The first kappa shape index (κ1) is 23.0. The number of rotatable bonds is 10. The van der Waals surface area contributed by atoms with Crippen molar-refractivity contribution in [2.45, 2.75) is 19.4 Å². The number of hydrogen-bond acceptors (Lipinski definition) is 6. The minimum absolute atomic E-state index is 0.233. The first-order valence-electron chi connectivity index (χ1n) is 9.84. The number of benzene rings is 1. The van der Waals surface area contributed by atoms with E-state index < -0.39 is 0 Å². The molecule has 0 spiro atoms. The van der Waals surface area contributed by atoms with Gasteiger partial charge < -0.3 is 14.8 Å². The van der Waals surface area contributed by atoms with Gasteiger partial charge in [-0.25, -0.2) is 0 Å². The summed E-state index contributed by atoms with van der Waals surface area (Å²) in [6.45, 7) is 2.36. The van der Waals surface area contributed by atoms with Crippen molar-refractivity contribution in [3.63, 3.8) is 0 Å². The number of fused-ring (bicyclic) bond motifs is 1. The second-order valence-electron chi connectivity index (χ2n) is 6.63. The van der Waals surface area contributed by atoms with Gasteiger partial charge in [0, 0.05) is 12.3 Å². The van der Waals surface area contributed by atoms with Crippen molar-refractivity contribution >= 4 is 41.0 Å². The lowest BCUT2D eigenvalue weighted by Crippen LogP contribution is -2.29. The van der Waals surface area contributed by atoms with Crippen molar-refractivity contribution in [2.24, 2.45) is 0 Å². The van der Waals surface area contributed by atoms with Crippen LogP contribution in [0.2, 0.25) is 5.02 Å². The zero-order valence-electron chi connectivity index (χ0n) is 17.7. The standard InChI is InChI=1S/C22H25ClN4O3S/c1-4-30-18-14-15(13-16(23)21(18)29-2)8-9-20(28)24-17(10-12-31-3)22-26-25-19-7-5-6-11-27(19)22/h5-9,11,13-14,17H,4,10,12H2,1-3H3,(H,24,28)/b9-8+. The van der Waals surface area contributed by atoms with E-state index in [-0.39, 0.29) is 11.9 Å². The molecular weight excluding hydrogens is 436 g/mol. The molecule has 0 bridgehead atoms. The fourth-order valence-corrected chi connectivity index (χ4v) is 3.90. The Morgan fingerprint density at radius 2 is 2.19 bits per heavy atom. The van der Waals surface area contributed by atoms with Gasteiger partial charge in [-0.15, -0.1) is 10.2 Å². The highest BCUT2D eigenvalue weighted by molar-refractivity contribution is 7.98. The summed E-state index contributed by atoms with van der Waals surface area (Å²) in [6.07, 6.45) is 7.83. The molecule has 0 radical (unpaired) electrons. The van der Waals surface area contributed by atoms with Gasteiger partial charge in [0.15, 0.2) is 23.0 Å². The third-order valence-electron chi connectivity index (χ3n) is 4.54. The predicted molar refractivity (Wildman–Crippen MR) is 125 cm³/mol. The number of pyridine rings is 1. The van der Waals surface area contributed by atoms with E-state index in [0.717, 1.165) is 23.4 Å². The van der Waals surface area contributed by atoms with Crippen LogP contribution < -0.4 is 14.8 Å². The summed E-state index contributed by atoms with van der Waals surface area (Å²) >= 11 is 8.00. The van der Waals surface area contributed by atoms with Crippen LogP contribution >= 0.6 is 23.4 Å². The van der Waals surface area contributed by atoms with Crippen LogP contribution in [0.1, 0.15) is 30.8 Å². The monoisotopic (exact) mass is 460 g/mol. The highest BCUT2D eigenvalue weighted by atomic mass is 35.5. The molecule has 0 aliphatic rings. The van der Waals surface area contributed by atoms with Gasteiger partial charge in [-0.2, -0.15) is 11.8 Å². The van der Waals surface area contributed by atoms with Crippen LogP contribution in [0.3, 0.4) is 0 Å². The average molecular weight is 461 g/mol. The summed E-state index contributed by atoms with van der Waals surface area (Å²) in [7, 11) is 1.54. The lowest BCUT2D eigenvalue weighted by atomic mass is 10.1. The molecule has 0 saturated carbocycles. The van der Waals surface area contributed by atoms with Crippen molar-refractivity contribution in [1.82, 2.24) is 19.9 Å². The molecule has 2 aromatic heterocycles. The molecule has 2 heterocycles. The molecule has 0 saturated heterocycles. The molecule has 1 unspecified atom stereocenters. The molecule has 31 heavy (non-hydrogen) atoms. The number of ether oxygens (including phenoxy) is 2. The summed E-state index contributed by atoms with van der Waals surface area (Å²) in [5.41, 5.74) is 1.48. The Balaban J connectivity index is 1.79. The van der Waals surface area contributed by atoms with Crippen molar-refractivity contribution in [3.8, 4) is 11.5 Å². The van der Waals surface area contributed by atoms with Gasteiger partial charge in [0.2, 0.25) is 5.91 Å². The van der Waals surface area contributed by atoms with Crippen LogP contribution in [0, 0.1) is 0 Å². The molecule has 1 aromatic carbocycles. The lowest BCUT2D eigenvalue weighted by molar-refractivity contribution is -0.117. The van der Waals surface area contributed by atoms with E-state index in [2.05, 4.69) is 15.5 Å². The second-order valence-corrected chi connectivity index (χ2v) is 8.02. The number of thioether (sulfide) groups is 1. The number of halogens is 1. The minimum atomic E-state index is -0.263. The molecule has 9 heteroatoms. The van der Waals surface area contributed by atoms with E-state index in [0.29, 0.717) is 29.0 Å². The first-order valence-corrected chi connectivity index (χ1v) is 11.6. The zero-order chi connectivity index (χ0) is 22.2. The smallest absolute Gasteiger partial charge is 0.244 e. The maximum absolute atomic E-state index is 12.7. The lowest BCUT2D eigenvalue weighted by Gasteiger charge is -2.16. The molecule has 3 rings (SSSR count). The number of carbonyl (C=O) groups is 1. The molecule has 0 fully saturated rings. The summed E-state index contributed by atoms with van der Waals surface area (Å²) in [5.74, 6) is 2.36. The van der Waals surface area contributed by atoms with Gasteiger partial charge in [0.1, 0.15) is 0 Å². The SMILES string of the molecule is CCOc1cc(/C=C/C(=O)NC(CCSC)c2nnc3ccccn23)cc(Cl)c1OC. The number of hydrogen-bond donors (Lipinski definition) is 1. The fraction of sp³-hybridized carbons (Fsp3) is 0.318. The molecular formula is C22H25ClN4O3S. The molecule has 1 atom stereocenters. The molecule has 164 valence electrons. The molecule has 1 amide bonds. The van der Waals surface area contributed by atoms with Gasteiger partial charge in [-0.3, -0.25) is 9.20 Å². The maximum Gasteiger partial charge on any atom is 0.244 e. The second kappa shape index (κ2) is 11.1. The highest BCUT2D eigenvalue weighted by Crippen LogP contribution is 2.36. The van der Waals surface area contributed by atoms with E-state index in [9.17, 15) is 4.79 Å². The van der Waals surface area contributed by atoms with Crippen molar-refractivity contribution < 1.29 is 14.3 Å². The van der Waals surface area contributed by atoms with Crippen LogP contribution in [-0.4, -0.2) is 46.2 Å². The van der Waals surface area contributed by atoms with Gasteiger partial charge in [-0.05, 0) is 61.3 Å². The van der Waals surface area contributed by atoms with Crippen molar-refractivity contribution in [1.29, 1.82) is 0 Å². The minimum Gasteiger partial charge on any atom is -0.491 e. The largest absolute Gasteiger partial charge is 0.491 e. The van der Waals surface area contributed by atoms with Gasteiger partial charge in [0.05, 0.1) is 24.8 Å². The number of aromatic nitrogens is 3. The normalized spacial score (nSPS) is 12.3. The molecule has 7 nitrogen and oxygen atoms in total. The maximum atomic E-state index is 12.7. The van der Waals surface area contributed by atoms with E-state index in [4.69, 9.17) is 21.1 Å². The number of methoxy groups -OCH3 is 1. The number of nitrogens with zero attached hydrogens (tertiary/aromatic N) is 3. The number of amides is 1. The Labute approximate surface area is 190 Å². The highest BCUT2D eigenvalue weighted by Gasteiger charge is 2.19. The third-order valence-corrected chi connectivity index (χ3v) is 5.47. The van der Waals surface area contributed by atoms with Crippen LogP contribution in [0.5, 0.6) is 11.5 Å². The summed E-state index contributed by atoms with van der Waals surface area (Å²) in [6, 6.07) is 8.95. The van der Waals surface area contributed by atoms with E-state index in [1.807, 2.05) is 42.0 Å². The quantitative estimate of drug-likeness (QED) is 0.451.